The van der Waals surface area contributed by atoms with Crippen LogP contribution in [-0.4, -0.2) is 120 Å². The molecule has 4 rings (SSSR count). The van der Waals surface area contributed by atoms with Crippen molar-refractivity contribution in [1.82, 2.24) is 10.4 Å². The van der Waals surface area contributed by atoms with Crippen molar-refractivity contribution in [3.8, 4) is 11.8 Å². The van der Waals surface area contributed by atoms with Crippen LogP contribution in [0.1, 0.15) is 48.8 Å². The minimum Gasteiger partial charge on any atom is -0.378 e. The Morgan fingerprint density at radius 1 is 0.604 bits per heavy atom. The Morgan fingerprint density at radius 2 is 1.11 bits per heavy atom. The molecule has 0 radical (unpaired) electrons. The van der Waals surface area contributed by atoms with Gasteiger partial charge in [0, 0.05) is 43.4 Å². The van der Waals surface area contributed by atoms with Crippen LogP contribution in [0.25, 0.3) is 0 Å². The summed E-state index contributed by atoms with van der Waals surface area (Å²) in [7, 11) is 0. The van der Waals surface area contributed by atoms with Crippen LogP contribution in [0.5, 0.6) is 0 Å². The van der Waals surface area contributed by atoms with Gasteiger partial charge in [-0.15, -0.1) is 5.06 Å². The summed E-state index contributed by atoms with van der Waals surface area (Å²) >= 11 is 0. The first-order valence-electron chi connectivity index (χ1n) is 17.7. The molecule has 2 aromatic carbocycles. The summed E-state index contributed by atoms with van der Waals surface area (Å²) in [6, 6.07) is 15.3. The van der Waals surface area contributed by atoms with Gasteiger partial charge in [0.15, 0.2) is 0 Å². The maximum atomic E-state index is 13.3. The largest absolute Gasteiger partial charge is 0.378 e. The van der Waals surface area contributed by atoms with Gasteiger partial charge >= 0.3 is 5.97 Å². The van der Waals surface area contributed by atoms with Gasteiger partial charge in [0.25, 0.3) is 11.8 Å². The van der Waals surface area contributed by atoms with Crippen molar-refractivity contribution < 1.29 is 57.2 Å². The predicted molar refractivity (Wildman–Crippen MR) is 189 cm³/mol. The Morgan fingerprint density at radius 3 is 1.74 bits per heavy atom. The predicted octanol–water partition coefficient (Wildman–Crippen LogP) is 1.93. The maximum Gasteiger partial charge on any atom is 0.335 e. The first kappa shape index (κ1) is 41.1. The smallest absolute Gasteiger partial charge is 0.335 e. The first-order chi connectivity index (χ1) is 25.9. The van der Waals surface area contributed by atoms with Crippen LogP contribution in [-0.2, 0) is 63.8 Å². The van der Waals surface area contributed by atoms with Crippen molar-refractivity contribution in [3.05, 3.63) is 65.2 Å². The molecule has 0 spiro atoms. The summed E-state index contributed by atoms with van der Waals surface area (Å²) in [5.74, 6) is 4.28. The topological polar surface area (TPSA) is 168 Å². The molecule has 0 atom stereocenters. The van der Waals surface area contributed by atoms with Gasteiger partial charge in [-0.25, -0.2) is 4.79 Å². The van der Waals surface area contributed by atoms with Crippen LogP contribution in [0.3, 0.4) is 0 Å². The molecule has 2 heterocycles. The highest BCUT2D eigenvalue weighted by atomic mass is 16.7. The minimum absolute atomic E-state index is 0.0505. The van der Waals surface area contributed by atoms with Gasteiger partial charge in [0.2, 0.25) is 11.8 Å². The number of nitrogens with zero attached hydrogens (tertiary/aromatic N) is 2. The molecule has 0 bridgehead atoms. The molecule has 0 unspecified atom stereocenters. The number of rotatable bonds is 25. The summed E-state index contributed by atoms with van der Waals surface area (Å²) in [4.78, 5) is 66.7. The second kappa shape index (κ2) is 23.8. The second-order valence-electron chi connectivity index (χ2n) is 11.7. The molecule has 1 fully saturated rings. The molecule has 4 amide bonds. The van der Waals surface area contributed by atoms with Crippen LogP contribution in [0.2, 0.25) is 0 Å². The molecule has 2 aliphatic rings. The van der Waals surface area contributed by atoms with Crippen molar-refractivity contribution in [1.29, 1.82) is 0 Å². The number of fused-ring (bicyclic) bond motifs is 2. The third-order valence-corrected chi connectivity index (χ3v) is 7.82. The van der Waals surface area contributed by atoms with E-state index in [9.17, 15) is 24.0 Å². The fraction of sp³-hybridized carbons (Fsp3) is 0.500. The number of nitrogens with one attached hydrogen (secondary N) is 1. The molecule has 1 N–H and O–H groups in total. The zero-order valence-corrected chi connectivity index (χ0v) is 29.8. The fourth-order valence-electron chi connectivity index (χ4n) is 5.08. The number of carbonyl (C=O) groups excluding carboxylic acids is 5. The summed E-state index contributed by atoms with van der Waals surface area (Å²) in [6.45, 7) is 4.86. The van der Waals surface area contributed by atoms with Gasteiger partial charge in [-0.3, -0.25) is 19.2 Å². The monoisotopic (exact) mass is 737 g/mol. The number of hydrogen-bond acceptors (Lipinski definition) is 12. The second-order valence-corrected chi connectivity index (χ2v) is 11.7. The number of benzene rings is 2. The van der Waals surface area contributed by atoms with Crippen molar-refractivity contribution in [2.75, 3.05) is 90.7 Å². The van der Waals surface area contributed by atoms with Crippen LogP contribution in [0.15, 0.2) is 48.5 Å². The van der Waals surface area contributed by atoms with E-state index in [1.807, 2.05) is 48.5 Å². The molecule has 15 nitrogen and oxygen atoms in total. The van der Waals surface area contributed by atoms with E-state index in [1.165, 1.54) is 0 Å². The molecular formula is C38H47N3O12. The zero-order chi connectivity index (χ0) is 37.5. The van der Waals surface area contributed by atoms with Crippen LogP contribution < -0.4 is 10.2 Å². The molecule has 0 aliphatic carbocycles. The van der Waals surface area contributed by atoms with Gasteiger partial charge < -0.3 is 43.5 Å². The zero-order valence-electron chi connectivity index (χ0n) is 29.8. The molecule has 1 saturated heterocycles. The lowest BCUT2D eigenvalue weighted by atomic mass is 10.0. The van der Waals surface area contributed by atoms with Crippen molar-refractivity contribution >= 4 is 35.3 Å². The van der Waals surface area contributed by atoms with E-state index in [1.54, 1.807) is 4.90 Å². The third kappa shape index (κ3) is 15.1. The Hall–Kier alpha value is -4.69. The summed E-state index contributed by atoms with van der Waals surface area (Å²) in [5, 5.41) is 3.31. The Balaban J connectivity index is 0.894. The quantitative estimate of drug-likeness (QED) is 0.0895. The number of amides is 4. The number of imide groups is 1. The minimum atomic E-state index is -0.709. The average molecular weight is 738 g/mol. The Labute approximate surface area is 309 Å². The Kier molecular flexibility index (Phi) is 18.4. The lowest BCUT2D eigenvalue weighted by molar-refractivity contribution is -0.198. The number of carbonyl (C=O) groups is 5. The number of ether oxygens (including phenoxy) is 6. The van der Waals surface area contributed by atoms with E-state index >= 15 is 0 Å². The lowest BCUT2D eigenvalue weighted by Crippen LogP contribution is -2.34. The first-order valence-corrected chi connectivity index (χ1v) is 17.7. The number of para-hydroxylation sites is 1. The van der Waals surface area contributed by atoms with E-state index < -0.39 is 17.8 Å². The van der Waals surface area contributed by atoms with Crippen LogP contribution in [0, 0.1) is 11.8 Å². The molecule has 286 valence electrons. The molecule has 15 heteroatoms. The van der Waals surface area contributed by atoms with Gasteiger partial charge in [0.1, 0.15) is 0 Å². The average Bonchev–Trinajstić information content (AvgIpc) is 3.47. The summed E-state index contributed by atoms with van der Waals surface area (Å²) in [6.07, 6.45) is 0.161. The SMILES string of the molecule is O=C(CCC(=O)N1Cc2ccccc2C#Cc2ccccc21)NCCOCCOCCOCCOCCOCCOCCC(=O)ON1C(=O)CCC1=O. The highest BCUT2D eigenvalue weighted by Crippen LogP contribution is 2.26. The maximum absolute atomic E-state index is 13.3. The highest BCUT2D eigenvalue weighted by molar-refractivity contribution is 6.01. The van der Waals surface area contributed by atoms with Crippen molar-refractivity contribution in [2.24, 2.45) is 0 Å². The molecule has 0 aromatic heterocycles. The highest BCUT2D eigenvalue weighted by Gasteiger charge is 2.32. The summed E-state index contributed by atoms with van der Waals surface area (Å²) in [5.41, 5.74) is 3.36. The molecule has 0 saturated carbocycles. The van der Waals surface area contributed by atoms with E-state index in [0.717, 1.165) is 22.4 Å². The van der Waals surface area contributed by atoms with E-state index in [0.29, 0.717) is 84.2 Å². The van der Waals surface area contributed by atoms with E-state index in [4.69, 9.17) is 33.3 Å². The van der Waals surface area contributed by atoms with E-state index in [2.05, 4.69) is 17.2 Å². The van der Waals surface area contributed by atoms with Gasteiger partial charge in [-0.2, -0.15) is 0 Å². The molecule has 53 heavy (non-hydrogen) atoms. The van der Waals surface area contributed by atoms with Gasteiger partial charge in [0.05, 0.1) is 97.9 Å². The van der Waals surface area contributed by atoms with Gasteiger partial charge in [-0.05, 0) is 23.8 Å². The number of hydrogen-bond donors (Lipinski definition) is 1. The molecule has 2 aromatic rings. The molecular weight excluding hydrogens is 690 g/mol. The summed E-state index contributed by atoms with van der Waals surface area (Å²) < 4.78 is 32.6. The number of hydroxylamine groups is 2. The van der Waals surface area contributed by atoms with Crippen LogP contribution >= 0.6 is 0 Å². The lowest BCUT2D eigenvalue weighted by Gasteiger charge is -2.26. The molecule has 2 aliphatic heterocycles. The number of anilines is 1. The van der Waals surface area contributed by atoms with Gasteiger partial charge in [-0.1, -0.05) is 42.2 Å². The van der Waals surface area contributed by atoms with Crippen LogP contribution in [0.4, 0.5) is 5.69 Å². The standard InChI is InChI=1S/C38H47N3O12/c42-34(11-12-35(43)40-29-32-7-2-1-5-30(32)9-10-31-6-3-4-8-33(31)40)39-16-18-48-20-22-50-24-26-52-28-27-51-25-23-49-21-19-47-17-15-38(46)53-41-36(44)13-14-37(41)45/h1-8H,11-29H2,(H,39,42). The van der Waals surface area contributed by atoms with Crippen molar-refractivity contribution in [3.63, 3.8) is 0 Å². The Bertz CT molecular complexity index is 1560. The van der Waals surface area contributed by atoms with Crippen molar-refractivity contribution in [2.45, 2.75) is 38.6 Å². The normalized spacial score (nSPS) is 13.4. The van der Waals surface area contributed by atoms with E-state index in [-0.39, 0.29) is 57.1 Å². The third-order valence-electron chi connectivity index (χ3n) is 7.82. The fourth-order valence-corrected chi connectivity index (χ4v) is 5.08.